The largest absolute Gasteiger partial charge is 0.310 e. The fourth-order valence-electron chi connectivity index (χ4n) is 5.03. The Balaban J connectivity index is 1.31. The van der Waals surface area contributed by atoms with E-state index in [1.54, 1.807) is 0 Å². The van der Waals surface area contributed by atoms with Gasteiger partial charge in [0.2, 0.25) is 0 Å². The molecule has 4 fully saturated rings. The molecule has 3 saturated carbocycles. The summed E-state index contributed by atoms with van der Waals surface area (Å²) in [5.74, 6) is 3.13. The molecule has 0 bridgehead atoms. The number of piperidine rings is 1. The third-order valence-electron chi connectivity index (χ3n) is 6.54. The van der Waals surface area contributed by atoms with E-state index in [9.17, 15) is 0 Å². The van der Waals surface area contributed by atoms with E-state index in [2.05, 4.69) is 10.2 Å². The maximum absolute atomic E-state index is 4.04. The first kappa shape index (κ1) is 14.5. The molecule has 0 aromatic carbocycles. The molecule has 0 radical (unpaired) electrons. The zero-order chi connectivity index (χ0) is 14.1. The Kier molecular flexibility index (Phi) is 4.55. The van der Waals surface area contributed by atoms with E-state index in [0.717, 1.165) is 29.8 Å². The van der Waals surface area contributed by atoms with Gasteiger partial charge in [-0.25, -0.2) is 0 Å². The van der Waals surface area contributed by atoms with Gasteiger partial charge in [0, 0.05) is 31.7 Å². The number of hydrogen-bond donors (Lipinski definition) is 1. The Morgan fingerprint density at radius 2 is 1.52 bits per heavy atom. The molecule has 4 rings (SSSR count). The number of nitrogens with one attached hydrogen (secondary N) is 1. The molecule has 3 aliphatic carbocycles. The highest BCUT2D eigenvalue weighted by Crippen LogP contribution is 2.38. The van der Waals surface area contributed by atoms with E-state index in [1.807, 2.05) is 0 Å². The number of rotatable bonds is 6. The van der Waals surface area contributed by atoms with Crippen molar-refractivity contribution in [2.75, 3.05) is 19.6 Å². The molecule has 0 spiro atoms. The maximum atomic E-state index is 4.04. The van der Waals surface area contributed by atoms with Crippen molar-refractivity contribution in [1.82, 2.24) is 10.2 Å². The van der Waals surface area contributed by atoms with Gasteiger partial charge in [-0.1, -0.05) is 32.1 Å². The van der Waals surface area contributed by atoms with E-state index < -0.39 is 0 Å². The van der Waals surface area contributed by atoms with E-state index in [4.69, 9.17) is 0 Å². The van der Waals surface area contributed by atoms with Crippen LogP contribution in [0.5, 0.6) is 0 Å². The lowest BCUT2D eigenvalue weighted by Crippen LogP contribution is -2.52. The summed E-state index contributed by atoms with van der Waals surface area (Å²) in [6.07, 6.45) is 16.4. The van der Waals surface area contributed by atoms with Crippen molar-refractivity contribution in [3.05, 3.63) is 0 Å². The molecule has 1 saturated heterocycles. The molecule has 1 heterocycles. The van der Waals surface area contributed by atoms with Crippen LogP contribution in [0.25, 0.3) is 0 Å². The highest BCUT2D eigenvalue weighted by molar-refractivity contribution is 4.90. The first-order valence-corrected chi connectivity index (χ1v) is 9.83. The second-order valence-corrected chi connectivity index (χ2v) is 8.64. The number of hydrogen-bond acceptors (Lipinski definition) is 2. The third-order valence-corrected chi connectivity index (χ3v) is 6.54. The van der Waals surface area contributed by atoms with Crippen molar-refractivity contribution in [1.29, 1.82) is 0 Å². The van der Waals surface area contributed by atoms with Gasteiger partial charge < -0.3 is 10.2 Å². The minimum Gasteiger partial charge on any atom is -0.310 e. The van der Waals surface area contributed by atoms with Gasteiger partial charge >= 0.3 is 0 Å². The van der Waals surface area contributed by atoms with Gasteiger partial charge in [0.15, 0.2) is 0 Å². The van der Waals surface area contributed by atoms with Gasteiger partial charge in [0.05, 0.1) is 0 Å². The van der Waals surface area contributed by atoms with E-state index in [1.165, 1.54) is 90.3 Å². The molecule has 2 nitrogen and oxygen atoms in total. The van der Waals surface area contributed by atoms with Crippen molar-refractivity contribution < 1.29 is 0 Å². The first-order chi connectivity index (χ1) is 10.3. The molecular weight excluding hydrogens is 256 g/mol. The van der Waals surface area contributed by atoms with Crippen molar-refractivity contribution in [3.63, 3.8) is 0 Å². The van der Waals surface area contributed by atoms with Gasteiger partial charge in [0.25, 0.3) is 0 Å². The molecule has 1 N–H and O–H groups in total. The predicted octanol–water partition coefficient (Wildman–Crippen LogP) is 3.81. The number of nitrogens with zero attached hydrogens (tertiary/aromatic N) is 1. The monoisotopic (exact) mass is 290 g/mol. The standard InChI is InChI=1S/C19H34N2/c1-2-7-18(6-1)20-19-11-17(10-15-8-9-15)13-21(14-19)12-16-4-3-5-16/h15-20H,1-14H2. The number of likely N-dealkylation sites (tertiary alicyclic amines) is 1. The van der Waals surface area contributed by atoms with Crippen LogP contribution in [-0.4, -0.2) is 36.6 Å². The maximum Gasteiger partial charge on any atom is 0.0200 e. The second-order valence-electron chi connectivity index (χ2n) is 8.64. The highest BCUT2D eigenvalue weighted by atomic mass is 15.2. The lowest BCUT2D eigenvalue weighted by molar-refractivity contribution is 0.0929. The Labute approximate surface area is 131 Å². The molecule has 4 aliphatic rings. The fourth-order valence-corrected chi connectivity index (χ4v) is 5.03. The van der Waals surface area contributed by atoms with Crippen LogP contribution >= 0.6 is 0 Å². The fraction of sp³-hybridized carbons (Fsp3) is 1.00. The second kappa shape index (κ2) is 6.58. The minimum absolute atomic E-state index is 0.797. The van der Waals surface area contributed by atoms with Crippen molar-refractivity contribution >= 4 is 0 Å². The van der Waals surface area contributed by atoms with E-state index in [0.29, 0.717) is 0 Å². The first-order valence-electron chi connectivity index (χ1n) is 9.83. The summed E-state index contributed by atoms with van der Waals surface area (Å²) in [7, 11) is 0. The van der Waals surface area contributed by atoms with Crippen LogP contribution in [-0.2, 0) is 0 Å². The molecular formula is C19H34N2. The summed E-state index contributed by atoms with van der Waals surface area (Å²) in [6.45, 7) is 4.16. The minimum atomic E-state index is 0.797. The van der Waals surface area contributed by atoms with E-state index in [-0.39, 0.29) is 0 Å². The Hall–Kier alpha value is -0.0800. The smallest absolute Gasteiger partial charge is 0.0200 e. The summed E-state index contributed by atoms with van der Waals surface area (Å²) in [6, 6.07) is 1.64. The van der Waals surface area contributed by atoms with Crippen LogP contribution in [0.4, 0.5) is 0 Å². The van der Waals surface area contributed by atoms with Crippen LogP contribution in [0.2, 0.25) is 0 Å². The molecule has 0 aromatic rings. The van der Waals surface area contributed by atoms with Gasteiger partial charge in [0.1, 0.15) is 0 Å². The van der Waals surface area contributed by atoms with Gasteiger partial charge in [-0.15, -0.1) is 0 Å². The average molecular weight is 290 g/mol. The highest BCUT2D eigenvalue weighted by Gasteiger charge is 2.34. The normalized spacial score (nSPS) is 36.0. The summed E-state index contributed by atoms with van der Waals surface area (Å²) in [5.41, 5.74) is 0. The van der Waals surface area contributed by atoms with Crippen LogP contribution < -0.4 is 5.32 Å². The molecule has 0 aromatic heterocycles. The Morgan fingerprint density at radius 1 is 0.714 bits per heavy atom. The molecule has 2 heteroatoms. The molecule has 21 heavy (non-hydrogen) atoms. The Morgan fingerprint density at radius 3 is 2.19 bits per heavy atom. The summed E-state index contributed by atoms with van der Waals surface area (Å²) in [5, 5.41) is 4.04. The average Bonchev–Trinajstić information content (AvgIpc) is 3.08. The van der Waals surface area contributed by atoms with Crippen LogP contribution in [0.1, 0.15) is 70.6 Å². The quantitative estimate of drug-likeness (QED) is 0.800. The van der Waals surface area contributed by atoms with Crippen LogP contribution in [0, 0.1) is 17.8 Å². The van der Waals surface area contributed by atoms with Gasteiger partial charge in [-0.2, -0.15) is 0 Å². The van der Waals surface area contributed by atoms with Gasteiger partial charge in [-0.05, 0) is 56.3 Å². The summed E-state index contributed by atoms with van der Waals surface area (Å²) in [4.78, 5) is 2.84. The molecule has 120 valence electrons. The zero-order valence-electron chi connectivity index (χ0n) is 13.7. The van der Waals surface area contributed by atoms with Crippen LogP contribution in [0.3, 0.4) is 0 Å². The van der Waals surface area contributed by atoms with Crippen molar-refractivity contribution in [3.8, 4) is 0 Å². The van der Waals surface area contributed by atoms with Crippen LogP contribution in [0.15, 0.2) is 0 Å². The zero-order valence-corrected chi connectivity index (χ0v) is 13.7. The molecule has 0 amide bonds. The van der Waals surface area contributed by atoms with Crippen molar-refractivity contribution in [2.24, 2.45) is 17.8 Å². The van der Waals surface area contributed by atoms with Crippen molar-refractivity contribution in [2.45, 2.75) is 82.7 Å². The van der Waals surface area contributed by atoms with Gasteiger partial charge in [-0.3, -0.25) is 0 Å². The third kappa shape index (κ3) is 4.01. The lowest BCUT2D eigenvalue weighted by Gasteiger charge is -2.42. The summed E-state index contributed by atoms with van der Waals surface area (Å²) < 4.78 is 0. The summed E-state index contributed by atoms with van der Waals surface area (Å²) >= 11 is 0. The molecule has 2 atom stereocenters. The lowest BCUT2D eigenvalue weighted by atomic mass is 9.83. The topological polar surface area (TPSA) is 15.3 Å². The molecule has 1 aliphatic heterocycles. The Bertz CT molecular complexity index is 328. The predicted molar refractivity (Wildman–Crippen MR) is 88.4 cm³/mol. The molecule has 2 unspecified atom stereocenters. The SMILES string of the molecule is C1CC(CN2CC(CC3CC3)CC(NC3CCCC3)C2)C1. The van der Waals surface area contributed by atoms with E-state index >= 15 is 0 Å².